The zero-order valence-corrected chi connectivity index (χ0v) is 18.6. The first-order valence-electron chi connectivity index (χ1n) is 9.62. The van der Waals surface area contributed by atoms with E-state index in [-0.39, 0.29) is 17.7 Å². The molecule has 8 heteroatoms. The Balaban J connectivity index is 1.73. The van der Waals surface area contributed by atoms with Crippen molar-refractivity contribution in [1.29, 1.82) is 0 Å². The van der Waals surface area contributed by atoms with Crippen LogP contribution in [0.25, 0.3) is 0 Å². The molecule has 0 aromatic carbocycles. The fourth-order valence-corrected chi connectivity index (χ4v) is 4.93. The second-order valence-electron chi connectivity index (χ2n) is 6.89. The van der Waals surface area contributed by atoms with Gasteiger partial charge in [-0.05, 0) is 66.9 Å². The lowest BCUT2D eigenvalue weighted by atomic mass is 10.0. The molecule has 0 aliphatic rings. The van der Waals surface area contributed by atoms with Crippen LogP contribution in [0.1, 0.15) is 50.9 Å². The standard InChI is InChI=1S/C22H22N4O2S2/c1-4-16-11-17(21(30-16)26-20(27)18-6-5-8-28-18)19(15-7-9-29-12-15)25-22-23-13(2)10-14(3)24-22/h5-12,19H,4H2,1-3H3,(H,26,27)(H,23,24,25). The number of nitrogens with zero attached hydrogens (tertiary/aromatic N) is 2. The van der Waals surface area contributed by atoms with Crippen LogP contribution in [0.3, 0.4) is 0 Å². The van der Waals surface area contributed by atoms with Crippen molar-refractivity contribution in [3.05, 3.63) is 80.5 Å². The van der Waals surface area contributed by atoms with Crippen molar-refractivity contribution in [2.75, 3.05) is 10.6 Å². The number of nitrogens with one attached hydrogen (secondary N) is 2. The molecule has 1 unspecified atom stereocenters. The van der Waals surface area contributed by atoms with E-state index in [4.69, 9.17) is 4.42 Å². The van der Waals surface area contributed by atoms with Crippen molar-refractivity contribution >= 4 is 39.5 Å². The largest absolute Gasteiger partial charge is 0.459 e. The van der Waals surface area contributed by atoms with Gasteiger partial charge in [-0.3, -0.25) is 4.79 Å². The van der Waals surface area contributed by atoms with E-state index in [1.807, 2.05) is 25.3 Å². The Morgan fingerprint density at radius 1 is 1.20 bits per heavy atom. The van der Waals surface area contributed by atoms with E-state index >= 15 is 0 Å². The number of hydrogen-bond acceptors (Lipinski definition) is 7. The molecule has 0 saturated heterocycles. The second-order valence-corrected chi connectivity index (χ2v) is 8.81. The number of aryl methyl sites for hydroxylation is 3. The number of hydrogen-bond donors (Lipinski definition) is 2. The molecule has 4 aromatic rings. The molecule has 0 spiro atoms. The minimum Gasteiger partial charge on any atom is -0.459 e. The molecule has 1 amide bonds. The van der Waals surface area contributed by atoms with Crippen molar-refractivity contribution in [1.82, 2.24) is 9.97 Å². The monoisotopic (exact) mass is 438 g/mol. The molecule has 4 heterocycles. The van der Waals surface area contributed by atoms with Gasteiger partial charge in [-0.1, -0.05) is 6.92 Å². The number of furan rings is 1. The van der Waals surface area contributed by atoms with Crippen molar-refractivity contribution in [3.8, 4) is 0 Å². The Kier molecular flexibility index (Phi) is 5.96. The van der Waals surface area contributed by atoms with Crippen LogP contribution in [-0.4, -0.2) is 15.9 Å². The maximum Gasteiger partial charge on any atom is 0.291 e. The Bertz CT molecular complexity index is 1110. The quantitative estimate of drug-likeness (QED) is 0.380. The van der Waals surface area contributed by atoms with Gasteiger partial charge in [-0.25, -0.2) is 9.97 Å². The predicted octanol–water partition coefficient (Wildman–Crippen LogP) is 5.83. The Morgan fingerprint density at radius 2 is 2.00 bits per heavy atom. The molecule has 0 radical (unpaired) electrons. The van der Waals surface area contributed by atoms with Crippen LogP contribution in [0.4, 0.5) is 10.9 Å². The molecule has 0 aliphatic carbocycles. The summed E-state index contributed by atoms with van der Waals surface area (Å²) in [6.45, 7) is 6.01. The molecule has 4 aromatic heterocycles. The summed E-state index contributed by atoms with van der Waals surface area (Å²) in [5, 5.41) is 11.4. The first-order chi connectivity index (χ1) is 14.5. The number of carbonyl (C=O) groups excluding carboxylic acids is 1. The maximum atomic E-state index is 12.6. The summed E-state index contributed by atoms with van der Waals surface area (Å²) < 4.78 is 5.25. The fraction of sp³-hybridized carbons (Fsp3) is 0.227. The SMILES string of the molecule is CCc1cc(C(Nc2nc(C)cc(C)n2)c2ccsc2)c(NC(=O)c2ccco2)s1. The van der Waals surface area contributed by atoms with Crippen molar-refractivity contribution in [3.63, 3.8) is 0 Å². The van der Waals surface area contributed by atoms with Gasteiger partial charge in [0, 0.05) is 21.8 Å². The summed E-state index contributed by atoms with van der Waals surface area (Å²) in [6.07, 6.45) is 2.37. The average molecular weight is 439 g/mol. The molecule has 1 atom stereocenters. The van der Waals surface area contributed by atoms with E-state index in [1.165, 1.54) is 11.1 Å². The highest BCUT2D eigenvalue weighted by molar-refractivity contribution is 7.16. The van der Waals surface area contributed by atoms with Gasteiger partial charge in [0.1, 0.15) is 5.00 Å². The smallest absolute Gasteiger partial charge is 0.291 e. The van der Waals surface area contributed by atoms with Crippen LogP contribution < -0.4 is 10.6 Å². The van der Waals surface area contributed by atoms with Crippen molar-refractivity contribution < 1.29 is 9.21 Å². The van der Waals surface area contributed by atoms with E-state index in [1.54, 1.807) is 34.8 Å². The molecule has 2 N–H and O–H groups in total. The van der Waals surface area contributed by atoms with Gasteiger partial charge in [0.25, 0.3) is 5.91 Å². The summed E-state index contributed by atoms with van der Waals surface area (Å²) in [7, 11) is 0. The van der Waals surface area contributed by atoms with Crippen LogP contribution in [0.5, 0.6) is 0 Å². The molecule has 4 rings (SSSR count). The van der Waals surface area contributed by atoms with Crippen molar-refractivity contribution in [2.45, 2.75) is 33.2 Å². The number of rotatable bonds is 7. The summed E-state index contributed by atoms with van der Waals surface area (Å²) in [5.41, 5.74) is 3.88. The Morgan fingerprint density at radius 3 is 2.63 bits per heavy atom. The topological polar surface area (TPSA) is 80.0 Å². The fourth-order valence-electron chi connectivity index (χ4n) is 3.22. The van der Waals surface area contributed by atoms with Gasteiger partial charge < -0.3 is 15.1 Å². The summed E-state index contributed by atoms with van der Waals surface area (Å²) in [6, 6.07) is 9.32. The Hall–Kier alpha value is -2.97. The van der Waals surface area contributed by atoms with Gasteiger partial charge in [0.15, 0.2) is 5.76 Å². The highest BCUT2D eigenvalue weighted by atomic mass is 32.1. The highest BCUT2D eigenvalue weighted by Gasteiger charge is 2.24. The molecular weight excluding hydrogens is 416 g/mol. The normalized spacial score (nSPS) is 12.0. The Labute approximate surface area is 183 Å². The van der Waals surface area contributed by atoms with Gasteiger partial charge in [0.2, 0.25) is 5.95 Å². The van der Waals surface area contributed by atoms with E-state index in [9.17, 15) is 4.79 Å². The molecule has 0 bridgehead atoms. The van der Waals surface area contributed by atoms with Crippen molar-refractivity contribution in [2.24, 2.45) is 0 Å². The summed E-state index contributed by atoms with van der Waals surface area (Å²) >= 11 is 3.21. The van der Waals surface area contributed by atoms with E-state index in [2.05, 4.69) is 45.0 Å². The number of carbonyl (C=O) groups is 1. The number of amides is 1. The van der Waals surface area contributed by atoms with Crippen LogP contribution >= 0.6 is 22.7 Å². The summed E-state index contributed by atoms with van der Waals surface area (Å²) in [4.78, 5) is 22.9. The minimum atomic E-state index is -0.266. The predicted molar refractivity (Wildman–Crippen MR) is 122 cm³/mol. The third kappa shape index (κ3) is 4.44. The van der Waals surface area contributed by atoms with Crippen LogP contribution in [0.15, 0.2) is 51.8 Å². The molecule has 30 heavy (non-hydrogen) atoms. The zero-order valence-electron chi connectivity index (χ0n) is 16.9. The van der Waals surface area contributed by atoms with Gasteiger partial charge >= 0.3 is 0 Å². The number of anilines is 2. The first kappa shape index (κ1) is 20.3. The molecule has 0 saturated carbocycles. The third-order valence-electron chi connectivity index (χ3n) is 4.58. The van der Waals surface area contributed by atoms with Gasteiger partial charge in [0.05, 0.1) is 12.3 Å². The molecule has 0 fully saturated rings. The number of aromatic nitrogens is 2. The van der Waals surface area contributed by atoms with Gasteiger partial charge in [-0.2, -0.15) is 11.3 Å². The molecular formula is C22H22N4O2S2. The van der Waals surface area contributed by atoms with Gasteiger partial charge in [-0.15, -0.1) is 11.3 Å². The van der Waals surface area contributed by atoms with E-state index in [0.29, 0.717) is 5.95 Å². The zero-order chi connectivity index (χ0) is 21.1. The number of thiophene rings is 2. The summed E-state index contributed by atoms with van der Waals surface area (Å²) in [5.74, 6) is 0.582. The van der Waals surface area contributed by atoms with E-state index < -0.39 is 0 Å². The molecule has 0 aliphatic heterocycles. The minimum absolute atomic E-state index is 0.194. The lowest BCUT2D eigenvalue weighted by Gasteiger charge is -2.19. The first-order valence-corrected chi connectivity index (χ1v) is 11.4. The van der Waals surface area contributed by atoms with E-state index in [0.717, 1.165) is 33.9 Å². The highest BCUT2D eigenvalue weighted by Crippen LogP contribution is 2.38. The van der Waals surface area contributed by atoms with Crippen LogP contribution in [0.2, 0.25) is 0 Å². The average Bonchev–Trinajstić information content (AvgIpc) is 3.46. The maximum absolute atomic E-state index is 12.6. The molecule has 154 valence electrons. The lowest BCUT2D eigenvalue weighted by Crippen LogP contribution is -2.17. The second kappa shape index (κ2) is 8.81. The van der Waals surface area contributed by atoms with Crippen LogP contribution in [-0.2, 0) is 6.42 Å². The lowest BCUT2D eigenvalue weighted by molar-refractivity contribution is 0.0997. The molecule has 6 nitrogen and oxygen atoms in total. The van der Waals surface area contributed by atoms with Crippen LogP contribution in [0, 0.1) is 13.8 Å². The third-order valence-corrected chi connectivity index (χ3v) is 6.49.